The minimum atomic E-state index is -4.52. The van der Waals surface area contributed by atoms with E-state index in [1.54, 1.807) is 30.3 Å². The number of hydrogen-bond acceptors (Lipinski definition) is 10. The molecule has 3 rings (SSSR count). The van der Waals surface area contributed by atoms with Gasteiger partial charge in [0.25, 0.3) is 5.09 Å². The molecule has 268 valence electrons. The lowest BCUT2D eigenvalue weighted by Crippen LogP contribution is -2.39. The molecule has 0 aliphatic heterocycles. The van der Waals surface area contributed by atoms with Crippen LogP contribution in [0.4, 0.5) is 13.2 Å². The molecule has 0 aromatic heterocycles. The number of aliphatic hydroxyl groups excluding tert-OH is 3. The zero-order chi connectivity index (χ0) is 36.0. The molecule has 0 radical (unpaired) electrons. The van der Waals surface area contributed by atoms with Gasteiger partial charge in [-0.25, -0.2) is 4.79 Å². The number of esters is 1. The Kier molecular flexibility index (Phi) is 15.0. The smallest absolute Gasteiger partial charge is 0.416 e. The first-order valence-corrected chi connectivity index (χ1v) is 15.7. The summed E-state index contributed by atoms with van der Waals surface area (Å²) in [7, 11) is 0. The molecule has 1 aliphatic rings. The average Bonchev–Trinajstić information content (AvgIpc) is 3.33. The molecule has 12 nitrogen and oxygen atoms in total. The maximum atomic E-state index is 12.9. The van der Waals surface area contributed by atoms with E-state index in [2.05, 4.69) is 10.2 Å². The third-order valence-electron chi connectivity index (χ3n) is 7.87. The minimum absolute atomic E-state index is 0.0398. The number of benzene rings is 2. The van der Waals surface area contributed by atoms with Gasteiger partial charge in [-0.15, -0.1) is 10.1 Å². The van der Waals surface area contributed by atoms with E-state index in [9.17, 15) is 48.2 Å². The first-order chi connectivity index (χ1) is 23.2. The molecular formula is C34H41F3N2O10. The molecule has 1 fully saturated rings. The third kappa shape index (κ3) is 13.5. The first kappa shape index (κ1) is 39.0. The van der Waals surface area contributed by atoms with Gasteiger partial charge in [0.2, 0.25) is 5.91 Å². The van der Waals surface area contributed by atoms with E-state index >= 15 is 0 Å². The van der Waals surface area contributed by atoms with Gasteiger partial charge >= 0.3 is 12.1 Å². The number of hydrogen-bond donors (Lipinski definition) is 4. The Bertz CT molecular complexity index is 1430. The normalized spacial score (nSPS) is 20.6. The zero-order valence-corrected chi connectivity index (χ0v) is 26.8. The third-order valence-corrected chi connectivity index (χ3v) is 7.87. The SMILES string of the molecule is CC(NC(=O)CCC/C=C\C[C@@H]1[C@@H](/C=C/[C@@H](O)COc2cccc(C(F)(F)F)c2)[C@H](O)C[C@@H]1O)C(=O)OCc1ccc(CO[N+](=O)[O-])cc1. The van der Waals surface area contributed by atoms with Crippen molar-refractivity contribution in [3.05, 3.63) is 99.6 Å². The van der Waals surface area contributed by atoms with E-state index in [4.69, 9.17) is 9.47 Å². The van der Waals surface area contributed by atoms with Crippen molar-refractivity contribution < 1.29 is 57.5 Å². The van der Waals surface area contributed by atoms with Crippen LogP contribution in [0.1, 0.15) is 55.7 Å². The monoisotopic (exact) mass is 694 g/mol. The van der Waals surface area contributed by atoms with Crippen molar-refractivity contribution in [3.63, 3.8) is 0 Å². The van der Waals surface area contributed by atoms with Gasteiger partial charge in [-0.05, 0) is 61.4 Å². The number of ether oxygens (including phenoxy) is 2. The summed E-state index contributed by atoms with van der Waals surface area (Å²) < 4.78 is 49.2. The quantitative estimate of drug-likeness (QED) is 0.0574. The predicted octanol–water partition coefficient (Wildman–Crippen LogP) is 4.43. The average molecular weight is 695 g/mol. The molecule has 15 heteroatoms. The summed E-state index contributed by atoms with van der Waals surface area (Å²) in [4.78, 5) is 39.2. The van der Waals surface area contributed by atoms with Crippen molar-refractivity contribution in [2.45, 2.75) is 82.8 Å². The number of aliphatic hydroxyl groups is 3. The van der Waals surface area contributed by atoms with Gasteiger partial charge in [-0.2, -0.15) is 13.2 Å². The van der Waals surface area contributed by atoms with Crippen LogP contribution in [0.5, 0.6) is 5.75 Å². The highest BCUT2D eigenvalue weighted by Crippen LogP contribution is 2.36. The van der Waals surface area contributed by atoms with Crippen LogP contribution in [0, 0.1) is 22.0 Å². The van der Waals surface area contributed by atoms with Crippen molar-refractivity contribution in [2.75, 3.05) is 6.61 Å². The van der Waals surface area contributed by atoms with E-state index in [0.29, 0.717) is 30.4 Å². The molecule has 1 aliphatic carbocycles. The van der Waals surface area contributed by atoms with Gasteiger partial charge in [-0.1, -0.05) is 54.6 Å². The largest absolute Gasteiger partial charge is 0.491 e. The van der Waals surface area contributed by atoms with E-state index in [-0.39, 0.29) is 50.2 Å². The summed E-state index contributed by atoms with van der Waals surface area (Å²) in [5.74, 6) is -1.80. The van der Waals surface area contributed by atoms with Crippen LogP contribution in [0.15, 0.2) is 72.8 Å². The number of nitrogens with zero attached hydrogens (tertiary/aromatic N) is 1. The maximum absolute atomic E-state index is 12.9. The van der Waals surface area contributed by atoms with Crippen LogP contribution < -0.4 is 10.1 Å². The minimum Gasteiger partial charge on any atom is -0.491 e. The van der Waals surface area contributed by atoms with Crippen LogP contribution in [0.25, 0.3) is 0 Å². The second kappa shape index (κ2) is 18.9. The van der Waals surface area contributed by atoms with Crippen LogP contribution in [0.3, 0.4) is 0 Å². The van der Waals surface area contributed by atoms with Crippen molar-refractivity contribution in [1.29, 1.82) is 0 Å². The number of allylic oxidation sites excluding steroid dienone is 2. The number of amides is 1. The van der Waals surface area contributed by atoms with Crippen molar-refractivity contribution in [3.8, 4) is 5.75 Å². The number of alkyl halides is 3. The Morgan fingerprint density at radius 1 is 1.08 bits per heavy atom. The summed E-state index contributed by atoms with van der Waals surface area (Å²) in [6.07, 6.45) is 1.15. The fourth-order valence-corrected chi connectivity index (χ4v) is 5.23. The molecule has 0 spiro atoms. The van der Waals surface area contributed by atoms with Gasteiger partial charge in [-0.3, -0.25) is 4.79 Å². The molecule has 0 heterocycles. The Hall–Kier alpha value is -4.47. The molecule has 2 aromatic carbocycles. The topological polar surface area (TPSA) is 178 Å². The van der Waals surface area contributed by atoms with Gasteiger partial charge in [0, 0.05) is 18.8 Å². The summed E-state index contributed by atoms with van der Waals surface area (Å²) in [6, 6.07) is 9.96. The summed E-state index contributed by atoms with van der Waals surface area (Å²) >= 11 is 0. The van der Waals surface area contributed by atoms with Crippen molar-refractivity contribution in [2.24, 2.45) is 11.8 Å². The molecule has 0 saturated heterocycles. The van der Waals surface area contributed by atoms with Gasteiger partial charge in [0.1, 0.15) is 37.7 Å². The van der Waals surface area contributed by atoms with E-state index < -0.39 is 53.1 Å². The maximum Gasteiger partial charge on any atom is 0.416 e. The van der Waals surface area contributed by atoms with E-state index in [1.165, 1.54) is 25.1 Å². The lowest BCUT2D eigenvalue weighted by Gasteiger charge is -2.19. The fourth-order valence-electron chi connectivity index (χ4n) is 5.23. The standard InChI is InChI=1S/C34H41F3N2O10/c1-22(33(44)48-19-23-11-13-24(14-12-23)20-49-39(45)46)38-32(43)10-5-3-2-4-9-28-29(31(42)18-30(28)41)16-15-26(40)21-47-27-8-6-7-25(17-27)34(35,36)37/h2,4,6-8,11-17,22,26,28-31,40-42H,3,5,9-10,18-21H2,1H3,(H,38,43)/b4-2-,16-15+/t22?,26-,28-,29-,30+,31-/m1/s1. The molecule has 0 bridgehead atoms. The number of carbonyl (C=O) groups excluding carboxylic acids is 2. The molecule has 6 atom stereocenters. The highest BCUT2D eigenvalue weighted by atomic mass is 19.4. The van der Waals surface area contributed by atoms with Crippen LogP contribution in [-0.4, -0.2) is 63.2 Å². The molecule has 49 heavy (non-hydrogen) atoms. The lowest BCUT2D eigenvalue weighted by atomic mass is 9.89. The highest BCUT2D eigenvalue weighted by Gasteiger charge is 2.39. The number of carbonyl (C=O) groups is 2. The number of halogens is 3. The highest BCUT2D eigenvalue weighted by molar-refractivity contribution is 5.84. The molecule has 1 saturated carbocycles. The number of nitrogens with one attached hydrogen (secondary N) is 1. The second-order valence-electron chi connectivity index (χ2n) is 11.7. The van der Waals surface area contributed by atoms with Gasteiger partial charge in [0.15, 0.2) is 0 Å². The Balaban J connectivity index is 1.35. The lowest BCUT2D eigenvalue weighted by molar-refractivity contribution is -0.763. The predicted molar refractivity (Wildman–Crippen MR) is 169 cm³/mol. The van der Waals surface area contributed by atoms with Gasteiger partial charge in [0.05, 0.1) is 17.8 Å². The van der Waals surface area contributed by atoms with Crippen molar-refractivity contribution >= 4 is 11.9 Å². The fraction of sp³-hybridized carbons (Fsp3) is 0.471. The second-order valence-corrected chi connectivity index (χ2v) is 11.7. The van der Waals surface area contributed by atoms with Crippen LogP contribution in [-0.2, 0) is 38.6 Å². The first-order valence-electron chi connectivity index (χ1n) is 15.7. The molecule has 2 aromatic rings. The summed E-state index contributed by atoms with van der Waals surface area (Å²) in [5.41, 5.74) is 0.370. The Labute approximate surface area is 281 Å². The van der Waals surface area contributed by atoms with E-state index in [0.717, 1.165) is 12.1 Å². The molecule has 1 unspecified atom stereocenters. The molecular weight excluding hydrogens is 653 g/mol. The summed E-state index contributed by atoms with van der Waals surface area (Å²) in [6.45, 7) is 0.971. The number of unbranched alkanes of at least 4 members (excludes halogenated alkanes) is 1. The van der Waals surface area contributed by atoms with Crippen LogP contribution in [0.2, 0.25) is 0 Å². The van der Waals surface area contributed by atoms with Crippen molar-refractivity contribution in [1.82, 2.24) is 5.32 Å². The zero-order valence-electron chi connectivity index (χ0n) is 26.8. The number of rotatable bonds is 18. The molecule has 1 amide bonds. The van der Waals surface area contributed by atoms with Crippen LogP contribution >= 0.6 is 0 Å². The molecule has 4 N–H and O–H groups in total. The van der Waals surface area contributed by atoms with E-state index in [1.807, 2.05) is 12.2 Å². The van der Waals surface area contributed by atoms with Gasteiger partial charge < -0.3 is 34.9 Å². The Morgan fingerprint density at radius 2 is 1.78 bits per heavy atom. The Morgan fingerprint density at radius 3 is 2.45 bits per heavy atom. The summed E-state index contributed by atoms with van der Waals surface area (Å²) in [5, 5.41) is 43.2.